The number of hydrogen-bond donors (Lipinski definition) is 1. The zero-order valence-corrected chi connectivity index (χ0v) is 17.8. The summed E-state index contributed by atoms with van der Waals surface area (Å²) < 4.78 is 30.5. The number of non-ortho nitro benzene ring substituents is 1. The zero-order chi connectivity index (χ0) is 21.9. The first-order valence-electron chi connectivity index (χ1n) is 8.31. The van der Waals surface area contributed by atoms with Crippen LogP contribution in [0.15, 0.2) is 57.8 Å². The van der Waals surface area contributed by atoms with Crippen LogP contribution in [0.3, 0.4) is 0 Å². The Balaban J connectivity index is 1.65. The van der Waals surface area contributed by atoms with Gasteiger partial charge in [-0.3, -0.25) is 20.2 Å². The highest BCUT2D eigenvalue weighted by Gasteiger charge is 2.22. The minimum Gasteiger partial charge on any atom is -0.484 e. The van der Waals surface area contributed by atoms with Gasteiger partial charge >= 0.3 is 0 Å². The fourth-order valence-electron chi connectivity index (χ4n) is 2.32. The minimum atomic E-state index is -3.92. The lowest BCUT2D eigenvalue weighted by molar-refractivity contribution is -0.384. The average molecular weight is 468 g/mol. The molecule has 0 bridgehead atoms. The van der Waals surface area contributed by atoms with E-state index in [1.807, 2.05) is 0 Å². The number of amides is 1. The normalized spacial score (nSPS) is 11.1. The number of nitro groups is 1. The maximum absolute atomic E-state index is 12.6. The first kappa shape index (κ1) is 21.7. The number of nitrogens with zero attached hydrogens (tertiary/aromatic N) is 2. The molecule has 0 fully saturated rings. The van der Waals surface area contributed by atoms with Crippen LogP contribution in [0.1, 0.15) is 5.56 Å². The van der Waals surface area contributed by atoms with E-state index in [0.29, 0.717) is 10.8 Å². The van der Waals surface area contributed by atoms with Crippen molar-refractivity contribution in [2.75, 3.05) is 11.9 Å². The molecule has 0 radical (unpaired) electrons. The second-order valence-electron chi connectivity index (χ2n) is 5.99. The van der Waals surface area contributed by atoms with Crippen molar-refractivity contribution in [3.63, 3.8) is 0 Å². The van der Waals surface area contributed by atoms with E-state index in [1.54, 1.807) is 25.1 Å². The summed E-state index contributed by atoms with van der Waals surface area (Å²) in [4.78, 5) is 25.9. The number of hydrogen-bond acceptors (Lipinski definition) is 8. The number of rotatable bonds is 7. The highest BCUT2D eigenvalue weighted by Crippen LogP contribution is 2.29. The molecular formula is C18H14ClN3O6S2. The van der Waals surface area contributed by atoms with E-state index in [-0.39, 0.29) is 26.5 Å². The molecule has 0 atom stereocenters. The Kier molecular flexibility index (Phi) is 6.34. The van der Waals surface area contributed by atoms with Crippen LogP contribution in [-0.4, -0.2) is 30.8 Å². The van der Waals surface area contributed by atoms with E-state index >= 15 is 0 Å². The number of sulfone groups is 1. The second-order valence-corrected chi connectivity index (χ2v) is 9.60. The summed E-state index contributed by atoms with van der Waals surface area (Å²) in [6.07, 6.45) is 1.11. The predicted octanol–water partition coefficient (Wildman–Crippen LogP) is 3.86. The van der Waals surface area contributed by atoms with Gasteiger partial charge in [-0.05, 0) is 42.8 Å². The smallest absolute Gasteiger partial charge is 0.269 e. The van der Waals surface area contributed by atoms with Crippen molar-refractivity contribution >= 4 is 49.5 Å². The number of thiazole rings is 1. The van der Waals surface area contributed by atoms with Crippen LogP contribution < -0.4 is 10.1 Å². The van der Waals surface area contributed by atoms with Crippen LogP contribution >= 0.6 is 22.9 Å². The molecule has 0 saturated carbocycles. The summed E-state index contributed by atoms with van der Waals surface area (Å²) in [5.74, 6) is -0.0520. The van der Waals surface area contributed by atoms with Crippen molar-refractivity contribution in [3.8, 4) is 5.75 Å². The fraction of sp³-hybridized carbons (Fsp3) is 0.111. The molecule has 0 spiro atoms. The molecule has 1 amide bonds. The highest BCUT2D eigenvalue weighted by atomic mass is 35.5. The number of benzene rings is 2. The number of nitrogens with one attached hydrogen (secondary N) is 1. The van der Waals surface area contributed by atoms with E-state index in [2.05, 4.69) is 10.3 Å². The van der Waals surface area contributed by atoms with Gasteiger partial charge in [0.15, 0.2) is 11.7 Å². The summed E-state index contributed by atoms with van der Waals surface area (Å²) in [7, 11) is -3.92. The standard InChI is InChI=1S/C18H14ClN3O6S2/c1-11-8-13(4-7-15(11)19)28-10-16(23)21-18-20-9-17(29-18)30(26,27)14-5-2-12(3-6-14)22(24)25/h2-9H,10H2,1H3,(H,20,21,23). The largest absolute Gasteiger partial charge is 0.484 e. The molecule has 3 rings (SSSR count). The molecule has 0 aliphatic carbocycles. The SMILES string of the molecule is Cc1cc(OCC(=O)Nc2ncc(S(=O)(=O)c3ccc([N+](=O)[O-])cc3)s2)ccc1Cl. The lowest BCUT2D eigenvalue weighted by Gasteiger charge is -2.07. The Morgan fingerprint density at radius 3 is 2.60 bits per heavy atom. The van der Waals surface area contributed by atoms with Crippen LogP contribution in [-0.2, 0) is 14.6 Å². The van der Waals surface area contributed by atoms with Gasteiger partial charge in [0.25, 0.3) is 11.6 Å². The monoisotopic (exact) mass is 467 g/mol. The molecule has 30 heavy (non-hydrogen) atoms. The van der Waals surface area contributed by atoms with Crippen molar-refractivity contribution in [2.24, 2.45) is 0 Å². The Bertz CT molecular complexity index is 1210. The maximum atomic E-state index is 12.6. The van der Waals surface area contributed by atoms with Crippen LogP contribution in [0.4, 0.5) is 10.8 Å². The quantitative estimate of drug-likeness (QED) is 0.412. The van der Waals surface area contributed by atoms with Crippen molar-refractivity contribution in [1.29, 1.82) is 0 Å². The van der Waals surface area contributed by atoms with Crippen LogP contribution in [0.25, 0.3) is 0 Å². The number of aromatic nitrogens is 1. The number of halogens is 1. The molecule has 9 nitrogen and oxygen atoms in total. The van der Waals surface area contributed by atoms with Gasteiger partial charge in [-0.15, -0.1) is 0 Å². The maximum Gasteiger partial charge on any atom is 0.269 e. The van der Waals surface area contributed by atoms with Crippen LogP contribution in [0, 0.1) is 17.0 Å². The molecule has 1 heterocycles. The summed E-state index contributed by atoms with van der Waals surface area (Å²) in [6.45, 7) is 1.50. The third kappa shape index (κ3) is 4.93. The predicted molar refractivity (Wildman–Crippen MR) is 111 cm³/mol. The van der Waals surface area contributed by atoms with Gasteiger partial charge in [0.1, 0.15) is 9.96 Å². The van der Waals surface area contributed by atoms with E-state index in [1.165, 1.54) is 0 Å². The highest BCUT2D eigenvalue weighted by molar-refractivity contribution is 7.93. The van der Waals surface area contributed by atoms with Gasteiger partial charge < -0.3 is 4.74 Å². The summed E-state index contributed by atoms with van der Waals surface area (Å²) in [6, 6.07) is 9.47. The molecule has 0 aliphatic heterocycles. The third-order valence-electron chi connectivity index (χ3n) is 3.85. The van der Waals surface area contributed by atoms with Crippen LogP contribution in [0.5, 0.6) is 5.75 Å². The van der Waals surface area contributed by atoms with Gasteiger partial charge in [0, 0.05) is 17.2 Å². The first-order valence-corrected chi connectivity index (χ1v) is 11.0. The number of carbonyl (C=O) groups is 1. The molecule has 0 saturated heterocycles. The van der Waals surface area contributed by atoms with Crippen molar-refractivity contribution < 1.29 is 22.9 Å². The van der Waals surface area contributed by atoms with Gasteiger partial charge in [0.05, 0.1) is 16.0 Å². The molecular weight excluding hydrogens is 454 g/mol. The number of nitro benzene ring substituents is 1. The molecule has 0 aliphatic rings. The Hall–Kier alpha value is -3.02. The number of carbonyl (C=O) groups excluding carboxylic acids is 1. The van der Waals surface area contributed by atoms with Crippen LogP contribution in [0.2, 0.25) is 5.02 Å². The number of anilines is 1. The van der Waals surface area contributed by atoms with Gasteiger partial charge in [-0.1, -0.05) is 22.9 Å². The first-order chi connectivity index (χ1) is 14.2. The van der Waals surface area contributed by atoms with Gasteiger partial charge in [-0.25, -0.2) is 13.4 Å². The van der Waals surface area contributed by atoms with Crippen molar-refractivity contribution in [1.82, 2.24) is 4.98 Å². The average Bonchev–Trinajstić information content (AvgIpc) is 3.18. The Labute approximate surface area is 180 Å². The molecule has 2 aromatic carbocycles. The molecule has 1 N–H and O–H groups in total. The van der Waals surface area contributed by atoms with Crippen molar-refractivity contribution in [3.05, 3.63) is 69.4 Å². The summed E-state index contributed by atoms with van der Waals surface area (Å²) in [5, 5.41) is 13.8. The minimum absolute atomic E-state index is 0.0800. The zero-order valence-electron chi connectivity index (χ0n) is 15.4. The van der Waals surface area contributed by atoms with Crippen molar-refractivity contribution in [2.45, 2.75) is 16.0 Å². The third-order valence-corrected chi connectivity index (χ3v) is 7.42. The lowest BCUT2D eigenvalue weighted by atomic mass is 10.2. The molecule has 12 heteroatoms. The molecule has 156 valence electrons. The second kappa shape index (κ2) is 8.78. The van der Waals surface area contributed by atoms with Gasteiger partial charge in [-0.2, -0.15) is 0 Å². The topological polar surface area (TPSA) is 128 Å². The van der Waals surface area contributed by atoms with E-state index in [4.69, 9.17) is 16.3 Å². The fourth-order valence-corrected chi connectivity index (χ4v) is 4.88. The van der Waals surface area contributed by atoms with Gasteiger partial charge in [0.2, 0.25) is 9.84 Å². The Morgan fingerprint density at radius 2 is 1.97 bits per heavy atom. The van der Waals surface area contributed by atoms with E-state index < -0.39 is 20.7 Å². The molecule has 3 aromatic rings. The Morgan fingerprint density at radius 1 is 1.27 bits per heavy atom. The van der Waals surface area contributed by atoms with E-state index in [0.717, 1.165) is 47.4 Å². The van der Waals surface area contributed by atoms with E-state index in [9.17, 15) is 23.3 Å². The number of aryl methyl sites for hydroxylation is 1. The summed E-state index contributed by atoms with van der Waals surface area (Å²) >= 11 is 6.70. The summed E-state index contributed by atoms with van der Waals surface area (Å²) in [5.41, 5.74) is 0.581. The molecule has 0 unspecified atom stereocenters. The number of ether oxygens (including phenoxy) is 1. The molecule has 1 aromatic heterocycles. The lowest BCUT2D eigenvalue weighted by Crippen LogP contribution is -2.20.